The topological polar surface area (TPSA) is 52.8 Å². The van der Waals surface area contributed by atoms with Gasteiger partial charge in [0.15, 0.2) is 0 Å². The summed E-state index contributed by atoms with van der Waals surface area (Å²) >= 11 is 0. The van der Waals surface area contributed by atoms with Gasteiger partial charge < -0.3 is 10.3 Å². The second kappa shape index (κ2) is 3.92. The number of aliphatic hydroxyl groups excluding tert-OH is 1. The Balaban J connectivity index is 2.91. The van der Waals surface area contributed by atoms with E-state index in [4.69, 9.17) is 5.21 Å². The first-order valence-corrected chi connectivity index (χ1v) is 4.60. The van der Waals surface area contributed by atoms with Crippen LogP contribution in [0, 0.1) is 11.3 Å². The molecule has 0 aromatic heterocycles. The van der Waals surface area contributed by atoms with Crippen molar-refractivity contribution in [1.29, 1.82) is 0 Å². The van der Waals surface area contributed by atoms with Crippen LogP contribution in [-0.2, 0) is 0 Å². The second-order valence-corrected chi connectivity index (χ2v) is 3.89. The van der Waals surface area contributed by atoms with Crippen LogP contribution in [0.1, 0.15) is 26.7 Å². The predicted molar refractivity (Wildman–Crippen MR) is 52.0 cm³/mol. The average Bonchev–Trinajstić information content (AvgIpc) is 2.17. The van der Waals surface area contributed by atoms with Crippen LogP contribution in [0.25, 0.3) is 0 Å². The van der Waals surface area contributed by atoms with E-state index in [1.807, 2.05) is 13.8 Å². The third kappa shape index (κ3) is 1.75. The molecule has 2 N–H and O–H groups in total. The van der Waals surface area contributed by atoms with Gasteiger partial charge in [0.25, 0.3) is 0 Å². The summed E-state index contributed by atoms with van der Waals surface area (Å²) < 4.78 is 0. The number of nitrogens with zero attached hydrogens (tertiary/aromatic N) is 1. The van der Waals surface area contributed by atoms with E-state index in [0.29, 0.717) is 5.71 Å². The van der Waals surface area contributed by atoms with Crippen LogP contribution < -0.4 is 0 Å². The molecular formula is C10H17NO2. The zero-order valence-electron chi connectivity index (χ0n) is 8.20. The maximum Gasteiger partial charge on any atom is 0.0605 e. The van der Waals surface area contributed by atoms with Crippen LogP contribution in [0.3, 0.4) is 0 Å². The lowest BCUT2D eigenvalue weighted by Gasteiger charge is -2.37. The van der Waals surface area contributed by atoms with Gasteiger partial charge in [0.1, 0.15) is 0 Å². The van der Waals surface area contributed by atoms with Crippen molar-refractivity contribution < 1.29 is 10.3 Å². The standard InChI is InChI=1S/C10H17NO2/c1-8(11-13)10(2)6-4-3-5-9(10)7-12/h3-4,9,12-13H,5-7H2,1-2H3/b11-8-/t9-,10+/m1/s1. The minimum Gasteiger partial charge on any atom is -0.411 e. The molecule has 0 fully saturated rings. The SMILES string of the molecule is C/C(=N/O)[C@]1(C)CC=CC[C@@H]1CO. The average molecular weight is 183 g/mol. The molecule has 0 aliphatic heterocycles. The van der Waals surface area contributed by atoms with E-state index in [1.54, 1.807) is 0 Å². The molecule has 0 aromatic carbocycles. The molecule has 1 aliphatic rings. The van der Waals surface area contributed by atoms with Crippen molar-refractivity contribution in [2.75, 3.05) is 6.61 Å². The highest BCUT2D eigenvalue weighted by Gasteiger charge is 2.37. The van der Waals surface area contributed by atoms with Gasteiger partial charge in [-0.05, 0) is 25.7 Å². The van der Waals surface area contributed by atoms with E-state index in [1.165, 1.54) is 0 Å². The summed E-state index contributed by atoms with van der Waals surface area (Å²) in [5.41, 5.74) is 0.522. The van der Waals surface area contributed by atoms with Crippen molar-refractivity contribution in [3.05, 3.63) is 12.2 Å². The van der Waals surface area contributed by atoms with Crippen molar-refractivity contribution in [2.24, 2.45) is 16.5 Å². The first-order chi connectivity index (χ1) is 6.15. The lowest BCUT2D eigenvalue weighted by Crippen LogP contribution is -2.37. The molecule has 0 spiro atoms. The summed E-state index contributed by atoms with van der Waals surface area (Å²) in [6.45, 7) is 3.99. The maximum absolute atomic E-state index is 9.20. The van der Waals surface area contributed by atoms with Crippen molar-refractivity contribution in [1.82, 2.24) is 0 Å². The highest BCUT2D eigenvalue weighted by molar-refractivity contribution is 5.87. The third-order valence-corrected chi connectivity index (χ3v) is 3.23. The summed E-state index contributed by atoms with van der Waals surface area (Å²) in [6, 6.07) is 0. The molecule has 0 saturated carbocycles. The molecule has 2 atom stereocenters. The van der Waals surface area contributed by atoms with Crippen LogP contribution in [-0.4, -0.2) is 22.6 Å². The number of oxime groups is 1. The fourth-order valence-electron chi connectivity index (χ4n) is 1.85. The van der Waals surface area contributed by atoms with Gasteiger partial charge in [-0.3, -0.25) is 0 Å². The van der Waals surface area contributed by atoms with E-state index in [0.717, 1.165) is 12.8 Å². The Morgan fingerprint density at radius 1 is 1.62 bits per heavy atom. The second-order valence-electron chi connectivity index (χ2n) is 3.89. The molecular weight excluding hydrogens is 166 g/mol. The minimum atomic E-state index is -0.182. The molecule has 0 unspecified atom stereocenters. The van der Waals surface area contributed by atoms with E-state index in [9.17, 15) is 5.11 Å². The fourth-order valence-corrected chi connectivity index (χ4v) is 1.85. The Morgan fingerprint density at radius 2 is 2.31 bits per heavy atom. The first kappa shape index (κ1) is 10.3. The molecule has 0 bridgehead atoms. The monoisotopic (exact) mass is 183 g/mol. The normalized spacial score (nSPS) is 35.0. The number of hydrogen-bond donors (Lipinski definition) is 2. The molecule has 3 heteroatoms. The molecule has 0 aromatic rings. The quantitative estimate of drug-likeness (QED) is 0.297. The van der Waals surface area contributed by atoms with Crippen LogP contribution in [0.2, 0.25) is 0 Å². The van der Waals surface area contributed by atoms with Gasteiger partial charge in [-0.15, -0.1) is 0 Å². The minimum absolute atomic E-state index is 0.147. The Hall–Kier alpha value is -0.830. The Labute approximate surface area is 78.8 Å². The largest absolute Gasteiger partial charge is 0.411 e. The Kier molecular flexibility index (Phi) is 3.09. The van der Waals surface area contributed by atoms with Crippen molar-refractivity contribution in [3.63, 3.8) is 0 Å². The smallest absolute Gasteiger partial charge is 0.0605 e. The summed E-state index contributed by atoms with van der Waals surface area (Å²) in [5, 5.41) is 21.2. The summed E-state index contributed by atoms with van der Waals surface area (Å²) in [4.78, 5) is 0. The van der Waals surface area contributed by atoms with Crippen LogP contribution in [0.15, 0.2) is 17.3 Å². The number of allylic oxidation sites excluding steroid dienone is 2. The molecule has 1 rings (SSSR count). The van der Waals surface area contributed by atoms with E-state index in [2.05, 4.69) is 17.3 Å². The number of aliphatic hydroxyl groups is 1. The maximum atomic E-state index is 9.20. The number of rotatable bonds is 2. The van der Waals surface area contributed by atoms with Crippen LogP contribution >= 0.6 is 0 Å². The van der Waals surface area contributed by atoms with Crippen LogP contribution in [0.4, 0.5) is 0 Å². The first-order valence-electron chi connectivity index (χ1n) is 4.60. The molecule has 0 amide bonds. The van der Waals surface area contributed by atoms with E-state index >= 15 is 0 Å². The van der Waals surface area contributed by atoms with E-state index in [-0.39, 0.29) is 17.9 Å². The van der Waals surface area contributed by atoms with Gasteiger partial charge >= 0.3 is 0 Å². The lowest BCUT2D eigenvalue weighted by molar-refractivity contribution is 0.144. The third-order valence-electron chi connectivity index (χ3n) is 3.23. The van der Waals surface area contributed by atoms with Gasteiger partial charge in [0, 0.05) is 12.0 Å². The summed E-state index contributed by atoms with van der Waals surface area (Å²) in [6.07, 6.45) is 5.86. The molecule has 0 saturated heterocycles. The molecule has 3 nitrogen and oxygen atoms in total. The van der Waals surface area contributed by atoms with E-state index < -0.39 is 0 Å². The predicted octanol–water partition coefficient (Wildman–Crippen LogP) is 1.80. The van der Waals surface area contributed by atoms with Crippen molar-refractivity contribution >= 4 is 5.71 Å². The highest BCUT2D eigenvalue weighted by atomic mass is 16.4. The van der Waals surface area contributed by atoms with Crippen LogP contribution in [0.5, 0.6) is 0 Å². The van der Waals surface area contributed by atoms with Gasteiger partial charge in [0.2, 0.25) is 0 Å². The molecule has 0 heterocycles. The summed E-state index contributed by atoms with van der Waals surface area (Å²) in [5.74, 6) is 0.174. The van der Waals surface area contributed by atoms with Crippen molar-refractivity contribution in [3.8, 4) is 0 Å². The van der Waals surface area contributed by atoms with Gasteiger partial charge in [0.05, 0.1) is 5.71 Å². The van der Waals surface area contributed by atoms with Gasteiger partial charge in [-0.25, -0.2) is 0 Å². The van der Waals surface area contributed by atoms with Gasteiger partial charge in [-0.2, -0.15) is 0 Å². The highest BCUT2D eigenvalue weighted by Crippen LogP contribution is 2.38. The fraction of sp³-hybridized carbons (Fsp3) is 0.700. The zero-order valence-corrected chi connectivity index (χ0v) is 8.20. The lowest BCUT2D eigenvalue weighted by atomic mass is 9.68. The molecule has 74 valence electrons. The molecule has 13 heavy (non-hydrogen) atoms. The molecule has 0 radical (unpaired) electrons. The Bertz CT molecular complexity index is 235. The van der Waals surface area contributed by atoms with Gasteiger partial charge in [-0.1, -0.05) is 24.2 Å². The zero-order chi connectivity index (χ0) is 9.90. The van der Waals surface area contributed by atoms with Crippen molar-refractivity contribution in [2.45, 2.75) is 26.7 Å². The Morgan fingerprint density at radius 3 is 2.85 bits per heavy atom. The molecule has 1 aliphatic carbocycles. The number of hydrogen-bond acceptors (Lipinski definition) is 3. The summed E-state index contributed by atoms with van der Waals surface area (Å²) in [7, 11) is 0.